The Morgan fingerprint density at radius 3 is 2.41 bits per heavy atom. The molecule has 3 heteroatoms. The number of halogens is 1. The number of aryl methyl sites for hydroxylation is 1. The Morgan fingerprint density at radius 1 is 1.24 bits per heavy atom. The minimum absolute atomic E-state index is 0. The topological polar surface area (TPSA) is 46.2 Å². The van der Waals surface area contributed by atoms with Crippen LogP contribution in [0.4, 0.5) is 0 Å². The number of rotatable bonds is 5. The Labute approximate surface area is 111 Å². The standard InChI is InChI=1S/C14H23NO.ClH/c1-10(2)7-8-13(16)14(15)12-6-4-5-11(3)9-12;/h4-6,9-10,13-14,16H,7-8,15H2,1-3H3;1H/t13-,14+;/m0./s1. The fraction of sp³-hybridized carbons (Fsp3) is 0.571. The Bertz CT molecular complexity index is 328. The van der Waals surface area contributed by atoms with Gasteiger partial charge in [-0.1, -0.05) is 43.7 Å². The molecule has 2 nitrogen and oxygen atoms in total. The van der Waals surface area contributed by atoms with Crippen LogP contribution in [0, 0.1) is 12.8 Å². The van der Waals surface area contributed by atoms with Crippen LogP contribution in [-0.4, -0.2) is 11.2 Å². The molecule has 0 saturated carbocycles. The predicted molar refractivity (Wildman–Crippen MR) is 75.4 cm³/mol. The minimum atomic E-state index is -0.441. The van der Waals surface area contributed by atoms with Gasteiger partial charge in [-0.2, -0.15) is 0 Å². The normalized spacial score (nSPS) is 14.2. The SMILES string of the molecule is Cc1cccc([C@@H](N)[C@@H](O)CCC(C)C)c1.Cl. The number of nitrogens with two attached hydrogens (primary N) is 1. The lowest BCUT2D eigenvalue weighted by Crippen LogP contribution is -2.26. The summed E-state index contributed by atoms with van der Waals surface area (Å²) in [5.41, 5.74) is 8.25. The Balaban J connectivity index is 0.00000256. The van der Waals surface area contributed by atoms with E-state index in [1.807, 2.05) is 31.2 Å². The van der Waals surface area contributed by atoms with Crippen molar-refractivity contribution in [2.24, 2.45) is 11.7 Å². The van der Waals surface area contributed by atoms with E-state index in [0.717, 1.165) is 18.4 Å². The van der Waals surface area contributed by atoms with Crippen LogP contribution in [0.3, 0.4) is 0 Å². The molecule has 0 fully saturated rings. The first-order valence-electron chi connectivity index (χ1n) is 6.01. The predicted octanol–water partition coefficient (Wildman–Crippen LogP) is 3.21. The maximum absolute atomic E-state index is 9.99. The monoisotopic (exact) mass is 257 g/mol. The number of benzene rings is 1. The van der Waals surface area contributed by atoms with E-state index in [9.17, 15) is 5.11 Å². The molecule has 1 rings (SSSR count). The highest BCUT2D eigenvalue weighted by Gasteiger charge is 2.16. The van der Waals surface area contributed by atoms with Crippen molar-refractivity contribution >= 4 is 12.4 Å². The van der Waals surface area contributed by atoms with E-state index in [-0.39, 0.29) is 18.4 Å². The highest BCUT2D eigenvalue weighted by atomic mass is 35.5. The van der Waals surface area contributed by atoms with Gasteiger partial charge in [0.25, 0.3) is 0 Å². The van der Waals surface area contributed by atoms with Gasteiger partial charge in [-0.05, 0) is 31.2 Å². The molecule has 98 valence electrons. The van der Waals surface area contributed by atoms with Crippen molar-refractivity contribution in [2.45, 2.75) is 45.8 Å². The van der Waals surface area contributed by atoms with E-state index in [1.54, 1.807) is 0 Å². The summed E-state index contributed by atoms with van der Waals surface area (Å²) >= 11 is 0. The van der Waals surface area contributed by atoms with Crippen LogP contribution in [0.2, 0.25) is 0 Å². The van der Waals surface area contributed by atoms with Gasteiger partial charge in [-0.15, -0.1) is 12.4 Å². The fourth-order valence-corrected chi connectivity index (χ4v) is 1.78. The van der Waals surface area contributed by atoms with Crippen LogP contribution in [0.25, 0.3) is 0 Å². The largest absolute Gasteiger partial charge is 0.391 e. The summed E-state index contributed by atoms with van der Waals surface area (Å²) in [7, 11) is 0. The molecule has 17 heavy (non-hydrogen) atoms. The summed E-state index contributed by atoms with van der Waals surface area (Å²) in [4.78, 5) is 0. The first kappa shape index (κ1) is 16.4. The maximum atomic E-state index is 9.99. The second kappa shape index (κ2) is 7.70. The van der Waals surface area contributed by atoms with Gasteiger partial charge >= 0.3 is 0 Å². The van der Waals surface area contributed by atoms with Crippen molar-refractivity contribution in [1.82, 2.24) is 0 Å². The van der Waals surface area contributed by atoms with Crippen LogP contribution >= 0.6 is 12.4 Å². The lowest BCUT2D eigenvalue weighted by molar-refractivity contribution is 0.128. The van der Waals surface area contributed by atoms with E-state index >= 15 is 0 Å². The van der Waals surface area contributed by atoms with Gasteiger partial charge in [0.1, 0.15) is 0 Å². The quantitative estimate of drug-likeness (QED) is 0.851. The fourth-order valence-electron chi connectivity index (χ4n) is 1.78. The maximum Gasteiger partial charge on any atom is 0.0732 e. The van der Waals surface area contributed by atoms with Gasteiger partial charge in [0, 0.05) is 0 Å². The summed E-state index contributed by atoms with van der Waals surface area (Å²) in [5, 5.41) is 9.99. The molecule has 0 heterocycles. The van der Waals surface area contributed by atoms with Gasteiger partial charge < -0.3 is 10.8 Å². The number of aliphatic hydroxyl groups is 1. The molecule has 0 saturated heterocycles. The summed E-state index contributed by atoms with van der Waals surface area (Å²) in [6.07, 6.45) is 1.34. The molecule has 0 radical (unpaired) electrons. The Morgan fingerprint density at radius 2 is 1.88 bits per heavy atom. The molecule has 2 atom stereocenters. The van der Waals surface area contributed by atoms with E-state index in [1.165, 1.54) is 5.56 Å². The molecule has 0 aliphatic rings. The third-order valence-corrected chi connectivity index (χ3v) is 2.88. The van der Waals surface area contributed by atoms with Gasteiger partial charge in [0.15, 0.2) is 0 Å². The van der Waals surface area contributed by atoms with Crippen molar-refractivity contribution < 1.29 is 5.11 Å². The number of hydrogen-bond donors (Lipinski definition) is 2. The minimum Gasteiger partial charge on any atom is -0.391 e. The van der Waals surface area contributed by atoms with Crippen molar-refractivity contribution in [3.05, 3.63) is 35.4 Å². The molecular weight excluding hydrogens is 234 g/mol. The average molecular weight is 258 g/mol. The van der Waals surface area contributed by atoms with Gasteiger partial charge in [-0.25, -0.2) is 0 Å². The van der Waals surface area contributed by atoms with Crippen molar-refractivity contribution in [1.29, 1.82) is 0 Å². The van der Waals surface area contributed by atoms with Gasteiger partial charge in [-0.3, -0.25) is 0 Å². The molecule has 1 aromatic rings. The van der Waals surface area contributed by atoms with E-state index in [4.69, 9.17) is 5.73 Å². The zero-order valence-electron chi connectivity index (χ0n) is 10.9. The molecule has 1 aromatic carbocycles. The summed E-state index contributed by atoms with van der Waals surface area (Å²) in [6, 6.07) is 7.79. The molecule has 0 aliphatic heterocycles. The average Bonchev–Trinajstić information content (AvgIpc) is 2.24. The third kappa shape index (κ3) is 5.53. The van der Waals surface area contributed by atoms with E-state index < -0.39 is 6.10 Å². The molecule has 0 spiro atoms. The zero-order valence-corrected chi connectivity index (χ0v) is 11.7. The second-order valence-corrected chi connectivity index (χ2v) is 4.98. The Kier molecular flexibility index (Phi) is 7.44. The van der Waals surface area contributed by atoms with Crippen LogP contribution < -0.4 is 5.73 Å². The second-order valence-electron chi connectivity index (χ2n) is 4.98. The van der Waals surface area contributed by atoms with Gasteiger partial charge in [0.05, 0.1) is 12.1 Å². The van der Waals surface area contributed by atoms with Gasteiger partial charge in [0.2, 0.25) is 0 Å². The molecular formula is C14H24ClNO. The van der Waals surface area contributed by atoms with Crippen LogP contribution in [0.1, 0.15) is 43.9 Å². The summed E-state index contributed by atoms with van der Waals surface area (Å²) in [6.45, 7) is 6.35. The van der Waals surface area contributed by atoms with Crippen LogP contribution in [0.5, 0.6) is 0 Å². The first-order valence-corrected chi connectivity index (χ1v) is 6.01. The highest BCUT2D eigenvalue weighted by molar-refractivity contribution is 5.85. The summed E-state index contributed by atoms with van der Waals surface area (Å²) < 4.78 is 0. The van der Waals surface area contributed by atoms with Crippen molar-refractivity contribution in [3.8, 4) is 0 Å². The zero-order chi connectivity index (χ0) is 12.1. The molecule has 0 aromatic heterocycles. The Hall–Kier alpha value is -0.570. The molecule has 0 aliphatic carbocycles. The van der Waals surface area contributed by atoms with Crippen LogP contribution in [-0.2, 0) is 0 Å². The first-order chi connectivity index (χ1) is 7.50. The van der Waals surface area contributed by atoms with Crippen molar-refractivity contribution in [2.75, 3.05) is 0 Å². The molecule has 0 unspecified atom stereocenters. The van der Waals surface area contributed by atoms with Crippen molar-refractivity contribution in [3.63, 3.8) is 0 Å². The smallest absolute Gasteiger partial charge is 0.0732 e. The van der Waals surface area contributed by atoms with Crippen LogP contribution in [0.15, 0.2) is 24.3 Å². The highest BCUT2D eigenvalue weighted by Crippen LogP contribution is 2.20. The molecule has 0 bridgehead atoms. The summed E-state index contributed by atoms with van der Waals surface area (Å²) in [5.74, 6) is 0.611. The lowest BCUT2D eigenvalue weighted by Gasteiger charge is -2.20. The number of hydrogen-bond acceptors (Lipinski definition) is 2. The van der Waals surface area contributed by atoms with E-state index in [2.05, 4.69) is 13.8 Å². The lowest BCUT2D eigenvalue weighted by atomic mass is 9.95. The van der Waals surface area contributed by atoms with E-state index in [0.29, 0.717) is 5.92 Å². The third-order valence-electron chi connectivity index (χ3n) is 2.88. The molecule has 3 N–H and O–H groups in total. The molecule has 0 amide bonds. The number of aliphatic hydroxyl groups excluding tert-OH is 1.